The highest BCUT2D eigenvalue weighted by Crippen LogP contribution is 2.18. The van der Waals surface area contributed by atoms with Crippen LogP contribution < -0.4 is 15.4 Å². The Hall–Kier alpha value is -3.02. The second kappa shape index (κ2) is 12.5. The molecule has 0 spiro atoms. The topological polar surface area (TPSA) is 70.7 Å². The summed E-state index contributed by atoms with van der Waals surface area (Å²) >= 11 is 0. The van der Waals surface area contributed by atoms with Gasteiger partial charge in [-0.05, 0) is 55.7 Å². The Bertz CT molecular complexity index is 800. The maximum absolute atomic E-state index is 12.6. The molecule has 0 aliphatic carbocycles. The van der Waals surface area contributed by atoms with E-state index in [0.717, 1.165) is 43.8 Å². The van der Waals surface area contributed by atoms with Crippen LogP contribution in [0.3, 0.4) is 0 Å². The Morgan fingerprint density at radius 3 is 2.23 bits per heavy atom. The molecule has 30 heavy (non-hydrogen) atoms. The van der Waals surface area contributed by atoms with Crippen molar-refractivity contribution in [2.24, 2.45) is 0 Å². The second-order valence-corrected chi connectivity index (χ2v) is 7.15. The van der Waals surface area contributed by atoms with Crippen LogP contribution >= 0.6 is 0 Å². The molecule has 2 aromatic rings. The summed E-state index contributed by atoms with van der Waals surface area (Å²) in [6.07, 6.45) is 2.81. The van der Waals surface area contributed by atoms with Gasteiger partial charge in [0.1, 0.15) is 5.75 Å². The fourth-order valence-corrected chi connectivity index (χ4v) is 3.04. The molecule has 0 radical (unpaired) electrons. The lowest BCUT2D eigenvalue weighted by Crippen LogP contribution is -2.32. The maximum Gasteiger partial charge on any atom is 0.253 e. The molecule has 2 amide bonds. The molecule has 2 rings (SSSR count). The largest absolute Gasteiger partial charge is 0.494 e. The molecule has 0 saturated heterocycles. The summed E-state index contributed by atoms with van der Waals surface area (Å²) in [5, 5.41) is 5.95. The van der Waals surface area contributed by atoms with Crippen LogP contribution in [0.15, 0.2) is 48.5 Å². The zero-order valence-corrected chi connectivity index (χ0v) is 18.2. The molecule has 0 aliphatic heterocycles. The number of rotatable bonds is 12. The van der Waals surface area contributed by atoms with Gasteiger partial charge in [-0.25, -0.2) is 0 Å². The van der Waals surface area contributed by atoms with E-state index in [1.807, 2.05) is 48.2 Å². The van der Waals surface area contributed by atoms with Gasteiger partial charge < -0.3 is 20.3 Å². The van der Waals surface area contributed by atoms with E-state index in [-0.39, 0.29) is 18.4 Å². The fraction of sp³-hybridized carbons (Fsp3) is 0.417. The molecule has 162 valence electrons. The van der Waals surface area contributed by atoms with E-state index in [1.54, 1.807) is 12.1 Å². The van der Waals surface area contributed by atoms with Gasteiger partial charge >= 0.3 is 0 Å². The summed E-state index contributed by atoms with van der Waals surface area (Å²) in [7, 11) is 0. The predicted molar refractivity (Wildman–Crippen MR) is 122 cm³/mol. The lowest BCUT2D eigenvalue weighted by molar-refractivity contribution is -0.114. The third-order valence-electron chi connectivity index (χ3n) is 4.45. The normalized spacial score (nSPS) is 10.4. The molecule has 0 atom stereocenters. The standard InChI is InChI=1S/C24H33N3O3/c1-4-14-27(15-5-2)24(29)19-10-12-20(13-11-19)25-18-23(28)26-21-8-7-9-22(17-21)30-16-6-3/h7-13,17,25H,4-6,14-16,18H2,1-3H3,(H,26,28). The number of nitrogens with one attached hydrogen (secondary N) is 2. The first-order valence-electron chi connectivity index (χ1n) is 10.7. The number of amides is 2. The van der Waals surface area contributed by atoms with Crippen molar-refractivity contribution in [2.75, 3.05) is 36.9 Å². The van der Waals surface area contributed by atoms with Crippen LogP contribution in [-0.4, -0.2) is 43.0 Å². The summed E-state index contributed by atoms with van der Waals surface area (Å²) in [4.78, 5) is 26.8. The minimum absolute atomic E-state index is 0.0492. The van der Waals surface area contributed by atoms with Crippen LogP contribution in [0.2, 0.25) is 0 Å². The average Bonchev–Trinajstić information content (AvgIpc) is 2.76. The van der Waals surface area contributed by atoms with E-state index < -0.39 is 0 Å². The molecule has 0 aliphatic rings. The Morgan fingerprint density at radius 1 is 0.900 bits per heavy atom. The van der Waals surface area contributed by atoms with E-state index >= 15 is 0 Å². The number of nitrogens with zero attached hydrogens (tertiary/aromatic N) is 1. The van der Waals surface area contributed by atoms with Gasteiger partial charge in [0.15, 0.2) is 0 Å². The highest BCUT2D eigenvalue weighted by molar-refractivity contribution is 5.95. The van der Waals surface area contributed by atoms with E-state index in [4.69, 9.17) is 4.74 Å². The van der Waals surface area contributed by atoms with Crippen molar-refractivity contribution >= 4 is 23.2 Å². The minimum atomic E-state index is -0.153. The zero-order chi connectivity index (χ0) is 21.8. The van der Waals surface area contributed by atoms with Gasteiger partial charge in [-0.3, -0.25) is 9.59 Å². The molecule has 2 aromatic carbocycles. The van der Waals surface area contributed by atoms with E-state index in [9.17, 15) is 9.59 Å². The maximum atomic E-state index is 12.6. The monoisotopic (exact) mass is 411 g/mol. The third kappa shape index (κ3) is 7.43. The molecular weight excluding hydrogens is 378 g/mol. The van der Waals surface area contributed by atoms with Crippen molar-refractivity contribution in [1.82, 2.24) is 4.90 Å². The highest BCUT2D eigenvalue weighted by Gasteiger charge is 2.14. The molecule has 2 N–H and O–H groups in total. The lowest BCUT2D eigenvalue weighted by Gasteiger charge is -2.21. The summed E-state index contributed by atoms with van der Waals surface area (Å²) < 4.78 is 5.59. The number of anilines is 2. The van der Waals surface area contributed by atoms with Crippen LogP contribution in [0.4, 0.5) is 11.4 Å². The zero-order valence-electron chi connectivity index (χ0n) is 18.2. The number of carbonyl (C=O) groups is 2. The van der Waals surface area contributed by atoms with E-state index in [1.165, 1.54) is 0 Å². The minimum Gasteiger partial charge on any atom is -0.494 e. The van der Waals surface area contributed by atoms with E-state index in [2.05, 4.69) is 24.5 Å². The van der Waals surface area contributed by atoms with Gasteiger partial charge in [-0.1, -0.05) is 26.8 Å². The lowest BCUT2D eigenvalue weighted by atomic mass is 10.1. The Kier molecular flexibility index (Phi) is 9.71. The van der Waals surface area contributed by atoms with Crippen LogP contribution in [0.5, 0.6) is 5.75 Å². The first-order valence-corrected chi connectivity index (χ1v) is 10.7. The summed E-state index contributed by atoms with van der Waals surface area (Å²) in [5.74, 6) is 0.635. The number of benzene rings is 2. The highest BCUT2D eigenvalue weighted by atomic mass is 16.5. The predicted octanol–water partition coefficient (Wildman–Crippen LogP) is 4.79. The molecule has 0 fully saturated rings. The molecule has 0 unspecified atom stereocenters. The smallest absolute Gasteiger partial charge is 0.253 e. The van der Waals surface area contributed by atoms with Crippen LogP contribution in [0.25, 0.3) is 0 Å². The molecule has 0 bridgehead atoms. The van der Waals surface area contributed by atoms with Gasteiger partial charge in [-0.15, -0.1) is 0 Å². The Labute approximate surface area is 179 Å². The van der Waals surface area contributed by atoms with Gasteiger partial charge in [0.25, 0.3) is 5.91 Å². The SMILES string of the molecule is CCCOc1cccc(NC(=O)CNc2ccc(C(=O)N(CCC)CCC)cc2)c1. The molecule has 6 nitrogen and oxygen atoms in total. The van der Waals surface area contributed by atoms with Gasteiger partial charge in [0, 0.05) is 36.1 Å². The van der Waals surface area contributed by atoms with Gasteiger partial charge in [0.05, 0.1) is 13.2 Å². The van der Waals surface area contributed by atoms with Crippen molar-refractivity contribution in [3.05, 3.63) is 54.1 Å². The van der Waals surface area contributed by atoms with Crippen LogP contribution in [0, 0.1) is 0 Å². The molecule has 0 saturated carbocycles. The van der Waals surface area contributed by atoms with Crippen LogP contribution in [0.1, 0.15) is 50.4 Å². The third-order valence-corrected chi connectivity index (χ3v) is 4.45. The quantitative estimate of drug-likeness (QED) is 0.527. The molecule has 6 heteroatoms. The number of carbonyl (C=O) groups excluding carboxylic acids is 2. The van der Waals surface area contributed by atoms with Gasteiger partial charge in [0.2, 0.25) is 5.91 Å². The first-order chi connectivity index (χ1) is 14.6. The van der Waals surface area contributed by atoms with Crippen molar-refractivity contribution in [3.63, 3.8) is 0 Å². The van der Waals surface area contributed by atoms with E-state index in [0.29, 0.717) is 17.9 Å². The average molecular weight is 412 g/mol. The van der Waals surface area contributed by atoms with Crippen molar-refractivity contribution in [2.45, 2.75) is 40.0 Å². The summed E-state index contributed by atoms with van der Waals surface area (Å²) in [5.41, 5.74) is 2.15. The Balaban J connectivity index is 1.87. The fourth-order valence-electron chi connectivity index (χ4n) is 3.04. The molecule has 0 aromatic heterocycles. The first kappa shape index (κ1) is 23.3. The Morgan fingerprint density at radius 2 is 1.60 bits per heavy atom. The van der Waals surface area contributed by atoms with Crippen LogP contribution in [-0.2, 0) is 4.79 Å². The second-order valence-electron chi connectivity index (χ2n) is 7.15. The van der Waals surface area contributed by atoms with Crippen molar-refractivity contribution < 1.29 is 14.3 Å². The van der Waals surface area contributed by atoms with Gasteiger partial charge in [-0.2, -0.15) is 0 Å². The van der Waals surface area contributed by atoms with Crippen molar-refractivity contribution in [3.8, 4) is 5.75 Å². The molecular formula is C24H33N3O3. The molecule has 0 heterocycles. The summed E-state index contributed by atoms with van der Waals surface area (Å²) in [6.45, 7) is 8.49. The summed E-state index contributed by atoms with van der Waals surface area (Å²) in [6, 6.07) is 14.6. The number of hydrogen-bond donors (Lipinski definition) is 2. The van der Waals surface area contributed by atoms with Crippen molar-refractivity contribution in [1.29, 1.82) is 0 Å². The number of ether oxygens (including phenoxy) is 1. The number of hydrogen-bond acceptors (Lipinski definition) is 4.